The molecule has 4 rings (SSSR count). The summed E-state index contributed by atoms with van der Waals surface area (Å²) >= 11 is 1.35. The lowest BCUT2D eigenvalue weighted by Crippen LogP contribution is -2.28. The maximum absolute atomic E-state index is 12.7. The molecule has 1 aliphatic rings. The molecule has 0 aliphatic heterocycles. The molecule has 118 valence electrons. The Kier molecular flexibility index (Phi) is 3.69. The van der Waals surface area contributed by atoms with Crippen LogP contribution in [0.15, 0.2) is 29.5 Å². The van der Waals surface area contributed by atoms with Gasteiger partial charge in [-0.25, -0.2) is 9.97 Å². The summed E-state index contributed by atoms with van der Waals surface area (Å²) in [5.74, 6) is 0.266. The van der Waals surface area contributed by atoms with Gasteiger partial charge in [-0.05, 0) is 25.0 Å². The number of rotatable bonds is 3. The standard InChI is InChI=1S/C17H17N3O2S/c21-13(11-5-2-1-3-6-11)9-20-10-19-14-12-7-4-8-18-16(12)23-15(14)17(20)22/h4,7-8,10-11H,1-3,5-6,9H2. The minimum atomic E-state index is -0.137. The molecule has 3 aromatic heterocycles. The van der Waals surface area contributed by atoms with Crippen molar-refractivity contribution >= 4 is 37.6 Å². The number of carbonyl (C=O) groups excluding carboxylic acids is 1. The number of fused-ring (bicyclic) bond motifs is 3. The van der Waals surface area contributed by atoms with Gasteiger partial charge >= 0.3 is 0 Å². The molecular formula is C17H17N3O2S. The lowest BCUT2D eigenvalue weighted by molar-refractivity contribution is -0.124. The first kappa shape index (κ1) is 14.5. The first-order valence-corrected chi connectivity index (χ1v) is 8.81. The first-order valence-electron chi connectivity index (χ1n) is 7.99. The number of Topliss-reactive ketones (excluding diaryl/α,β-unsaturated/α-hetero) is 1. The predicted octanol–water partition coefficient (Wildman–Crippen LogP) is 3.16. The van der Waals surface area contributed by atoms with Crippen LogP contribution < -0.4 is 5.56 Å². The molecule has 1 saturated carbocycles. The van der Waals surface area contributed by atoms with Gasteiger partial charge in [-0.2, -0.15) is 0 Å². The maximum atomic E-state index is 12.7. The average Bonchev–Trinajstić information content (AvgIpc) is 2.98. The van der Waals surface area contributed by atoms with Crippen molar-refractivity contribution in [1.82, 2.24) is 14.5 Å². The summed E-state index contributed by atoms with van der Waals surface area (Å²) in [7, 11) is 0. The van der Waals surface area contributed by atoms with E-state index in [0.717, 1.165) is 35.9 Å². The lowest BCUT2D eigenvalue weighted by Gasteiger charge is -2.20. The second kappa shape index (κ2) is 5.85. The normalized spacial score (nSPS) is 16.2. The highest BCUT2D eigenvalue weighted by Gasteiger charge is 2.22. The van der Waals surface area contributed by atoms with Crippen LogP contribution in [0.25, 0.3) is 20.4 Å². The minimum absolute atomic E-state index is 0.107. The molecule has 0 bridgehead atoms. The van der Waals surface area contributed by atoms with Gasteiger partial charge in [0.05, 0.1) is 18.4 Å². The fraction of sp³-hybridized carbons (Fsp3) is 0.412. The summed E-state index contributed by atoms with van der Waals surface area (Å²) < 4.78 is 2.03. The molecule has 1 fully saturated rings. The second-order valence-electron chi connectivity index (χ2n) is 6.11. The molecule has 0 radical (unpaired) electrons. The third-order valence-electron chi connectivity index (χ3n) is 4.61. The van der Waals surface area contributed by atoms with Crippen LogP contribution in [0, 0.1) is 5.92 Å². The number of nitrogens with zero attached hydrogens (tertiary/aromatic N) is 3. The van der Waals surface area contributed by atoms with Crippen LogP contribution in [-0.4, -0.2) is 20.3 Å². The summed E-state index contributed by atoms with van der Waals surface area (Å²) in [6, 6.07) is 3.76. The molecule has 3 aromatic rings. The van der Waals surface area contributed by atoms with Crippen LogP contribution in [-0.2, 0) is 11.3 Å². The van der Waals surface area contributed by atoms with Crippen LogP contribution >= 0.6 is 11.3 Å². The van der Waals surface area contributed by atoms with E-state index in [4.69, 9.17) is 0 Å². The second-order valence-corrected chi connectivity index (χ2v) is 7.11. The lowest BCUT2D eigenvalue weighted by atomic mass is 9.86. The van der Waals surface area contributed by atoms with Crippen molar-refractivity contribution in [3.05, 3.63) is 35.0 Å². The predicted molar refractivity (Wildman–Crippen MR) is 90.8 cm³/mol. The quantitative estimate of drug-likeness (QED) is 0.741. The number of aromatic nitrogens is 3. The molecule has 0 unspecified atom stereocenters. The molecule has 0 amide bonds. The Morgan fingerprint density at radius 1 is 1.26 bits per heavy atom. The van der Waals surface area contributed by atoms with Gasteiger partial charge in [-0.15, -0.1) is 11.3 Å². The number of hydrogen-bond acceptors (Lipinski definition) is 5. The van der Waals surface area contributed by atoms with Gasteiger partial charge in [0.1, 0.15) is 9.53 Å². The molecule has 1 aliphatic carbocycles. The third kappa shape index (κ3) is 2.57. The molecule has 0 N–H and O–H groups in total. The number of thiophene rings is 1. The first-order chi connectivity index (χ1) is 11.2. The van der Waals surface area contributed by atoms with Gasteiger partial charge in [0.15, 0.2) is 5.78 Å². The van der Waals surface area contributed by atoms with E-state index in [1.807, 2.05) is 12.1 Å². The van der Waals surface area contributed by atoms with E-state index < -0.39 is 0 Å². The fourth-order valence-electron chi connectivity index (χ4n) is 3.34. The van der Waals surface area contributed by atoms with Crippen molar-refractivity contribution in [1.29, 1.82) is 0 Å². The van der Waals surface area contributed by atoms with E-state index in [1.165, 1.54) is 28.7 Å². The molecule has 5 nitrogen and oxygen atoms in total. The van der Waals surface area contributed by atoms with Gasteiger partial charge < -0.3 is 0 Å². The molecule has 0 atom stereocenters. The van der Waals surface area contributed by atoms with Crippen LogP contribution in [0.3, 0.4) is 0 Å². The van der Waals surface area contributed by atoms with Gasteiger partial charge in [0, 0.05) is 17.5 Å². The fourth-order valence-corrected chi connectivity index (χ4v) is 4.38. The molecule has 23 heavy (non-hydrogen) atoms. The van der Waals surface area contributed by atoms with Crippen LogP contribution in [0.5, 0.6) is 0 Å². The Balaban J connectivity index is 1.70. The maximum Gasteiger partial charge on any atom is 0.271 e. The van der Waals surface area contributed by atoms with E-state index in [2.05, 4.69) is 9.97 Å². The largest absolute Gasteiger partial charge is 0.297 e. The number of carbonyl (C=O) groups is 1. The molecule has 0 aromatic carbocycles. The molecule has 6 heteroatoms. The Bertz CT molecular complexity index is 938. The monoisotopic (exact) mass is 327 g/mol. The highest BCUT2D eigenvalue weighted by molar-refractivity contribution is 7.25. The summed E-state index contributed by atoms with van der Waals surface area (Å²) in [6.45, 7) is 0.133. The Labute approximate surface area is 137 Å². The van der Waals surface area contributed by atoms with Gasteiger partial charge in [-0.3, -0.25) is 14.2 Å². The van der Waals surface area contributed by atoms with E-state index in [1.54, 1.807) is 6.20 Å². The van der Waals surface area contributed by atoms with E-state index in [0.29, 0.717) is 10.2 Å². The SMILES string of the molecule is O=C(Cn1cnc2c(sc3ncccc32)c1=O)C1CCCCC1. The van der Waals surface area contributed by atoms with Crippen molar-refractivity contribution in [2.75, 3.05) is 0 Å². The van der Waals surface area contributed by atoms with Crippen molar-refractivity contribution in [3.63, 3.8) is 0 Å². The van der Waals surface area contributed by atoms with E-state index >= 15 is 0 Å². The van der Waals surface area contributed by atoms with Crippen molar-refractivity contribution in [2.45, 2.75) is 38.6 Å². The Morgan fingerprint density at radius 3 is 2.91 bits per heavy atom. The summed E-state index contributed by atoms with van der Waals surface area (Å²) in [6.07, 6.45) is 8.57. The zero-order chi connectivity index (χ0) is 15.8. The Hall–Kier alpha value is -2.08. The van der Waals surface area contributed by atoms with Crippen LogP contribution in [0.2, 0.25) is 0 Å². The topological polar surface area (TPSA) is 64.8 Å². The summed E-state index contributed by atoms with van der Waals surface area (Å²) in [4.78, 5) is 34.6. The zero-order valence-electron chi connectivity index (χ0n) is 12.7. The average molecular weight is 327 g/mol. The van der Waals surface area contributed by atoms with Gasteiger partial charge in [-0.1, -0.05) is 19.3 Å². The third-order valence-corrected chi connectivity index (χ3v) is 5.70. The minimum Gasteiger partial charge on any atom is -0.297 e. The number of hydrogen-bond donors (Lipinski definition) is 0. The number of ketones is 1. The molecule has 0 saturated heterocycles. The van der Waals surface area contributed by atoms with Crippen molar-refractivity contribution < 1.29 is 4.79 Å². The van der Waals surface area contributed by atoms with Gasteiger partial charge in [0.25, 0.3) is 5.56 Å². The van der Waals surface area contributed by atoms with Gasteiger partial charge in [0.2, 0.25) is 0 Å². The molecule has 0 spiro atoms. The van der Waals surface area contributed by atoms with Crippen LogP contribution in [0.4, 0.5) is 0 Å². The Morgan fingerprint density at radius 2 is 2.09 bits per heavy atom. The van der Waals surface area contributed by atoms with Crippen molar-refractivity contribution in [2.24, 2.45) is 5.92 Å². The number of pyridine rings is 1. The molecular weight excluding hydrogens is 310 g/mol. The smallest absolute Gasteiger partial charge is 0.271 e. The summed E-state index contributed by atoms with van der Waals surface area (Å²) in [5.41, 5.74) is 0.548. The zero-order valence-corrected chi connectivity index (χ0v) is 13.5. The van der Waals surface area contributed by atoms with E-state index in [9.17, 15) is 9.59 Å². The van der Waals surface area contributed by atoms with E-state index in [-0.39, 0.29) is 23.8 Å². The highest BCUT2D eigenvalue weighted by Crippen LogP contribution is 2.28. The molecule has 3 heterocycles. The highest BCUT2D eigenvalue weighted by atomic mass is 32.1. The van der Waals surface area contributed by atoms with Crippen molar-refractivity contribution in [3.8, 4) is 0 Å². The summed E-state index contributed by atoms with van der Waals surface area (Å²) in [5, 5.41) is 0.898. The van der Waals surface area contributed by atoms with Crippen LogP contribution in [0.1, 0.15) is 32.1 Å².